The molecule has 10 atom stereocenters. The summed E-state index contributed by atoms with van der Waals surface area (Å²) >= 11 is 0. The van der Waals surface area contributed by atoms with Crippen LogP contribution in [0.4, 0.5) is 0 Å². The molecule has 0 amide bonds. The summed E-state index contributed by atoms with van der Waals surface area (Å²) in [6.07, 6.45) is 2.24. The molecule has 1 fully saturated rings. The van der Waals surface area contributed by atoms with Gasteiger partial charge in [0.1, 0.15) is 17.6 Å². The molecule has 0 aromatic rings. The Kier molecular flexibility index (Phi) is 10.7. The molecule has 0 radical (unpaired) electrons. The minimum atomic E-state index is -1.74. The van der Waals surface area contributed by atoms with Crippen LogP contribution in [0, 0.1) is 35.0 Å². The number of hydrogen-bond donors (Lipinski definition) is 1. The van der Waals surface area contributed by atoms with Gasteiger partial charge in [-0.15, -0.1) is 0 Å². The molecule has 2 aliphatic rings. The molecule has 7 nitrogen and oxygen atoms in total. The van der Waals surface area contributed by atoms with Crippen molar-refractivity contribution < 1.29 is 33.7 Å². The minimum absolute atomic E-state index is 0.0237. The van der Waals surface area contributed by atoms with E-state index in [9.17, 15) is 19.5 Å². The second-order valence-electron chi connectivity index (χ2n) is 12.6. The smallest absolute Gasteiger partial charge is 0.316 e. The molecule has 7 heteroatoms. The van der Waals surface area contributed by atoms with Gasteiger partial charge in [-0.05, 0) is 63.0 Å². The molecule has 0 aliphatic carbocycles. The van der Waals surface area contributed by atoms with Gasteiger partial charge in [0.2, 0.25) is 0 Å². The van der Waals surface area contributed by atoms with Crippen LogP contribution in [0.15, 0.2) is 24.3 Å². The van der Waals surface area contributed by atoms with E-state index in [1.165, 1.54) is 19.1 Å². The minimum Gasteiger partial charge on any atom is -0.458 e. The maximum atomic E-state index is 13.7. The van der Waals surface area contributed by atoms with Gasteiger partial charge in [0.15, 0.2) is 17.9 Å². The van der Waals surface area contributed by atoms with E-state index in [1.807, 2.05) is 27.7 Å². The molecule has 38 heavy (non-hydrogen) atoms. The monoisotopic (exact) mass is 534 g/mol. The topological polar surface area (TPSA) is 99.1 Å². The number of esters is 1. The highest BCUT2D eigenvalue weighted by Crippen LogP contribution is 2.41. The molecule has 1 unspecified atom stereocenters. The third kappa shape index (κ3) is 7.02. The van der Waals surface area contributed by atoms with Gasteiger partial charge in [0.25, 0.3) is 0 Å². The average Bonchev–Trinajstić information content (AvgIpc) is 2.85. The molecule has 1 saturated heterocycles. The summed E-state index contributed by atoms with van der Waals surface area (Å²) < 4.78 is 18.5. The van der Waals surface area contributed by atoms with E-state index >= 15 is 0 Å². The van der Waals surface area contributed by atoms with Crippen molar-refractivity contribution in [2.24, 2.45) is 35.0 Å². The van der Waals surface area contributed by atoms with Crippen molar-refractivity contribution in [1.29, 1.82) is 0 Å². The molecular weight excluding hydrogens is 484 g/mol. The lowest BCUT2D eigenvalue weighted by atomic mass is 9.70. The van der Waals surface area contributed by atoms with Crippen molar-refractivity contribution in [1.82, 2.24) is 0 Å². The molecule has 0 aromatic carbocycles. The van der Waals surface area contributed by atoms with Gasteiger partial charge in [-0.3, -0.25) is 14.4 Å². The number of aliphatic hydroxyl groups is 1. The quantitative estimate of drug-likeness (QED) is 0.291. The van der Waals surface area contributed by atoms with Crippen LogP contribution in [0.25, 0.3) is 0 Å². The van der Waals surface area contributed by atoms with Crippen LogP contribution in [0.3, 0.4) is 0 Å². The number of ether oxygens (including phenoxy) is 3. The highest BCUT2D eigenvalue weighted by Gasteiger charge is 2.46. The van der Waals surface area contributed by atoms with E-state index < -0.39 is 53.2 Å². The van der Waals surface area contributed by atoms with Crippen LogP contribution >= 0.6 is 0 Å². The van der Waals surface area contributed by atoms with E-state index in [2.05, 4.69) is 20.4 Å². The number of carbonyl (C=O) groups is 3. The number of hydrogen-bond acceptors (Lipinski definition) is 7. The molecule has 0 saturated carbocycles. The zero-order valence-corrected chi connectivity index (χ0v) is 25.1. The Balaban J connectivity index is 2.58. The van der Waals surface area contributed by atoms with Gasteiger partial charge < -0.3 is 19.3 Å². The van der Waals surface area contributed by atoms with Crippen LogP contribution in [0.5, 0.6) is 0 Å². The van der Waals surface area contributed by atoms with E-state index in [0.29, 0.717) is 17.9 Å². The van der Waals surface area contributed by atoms with Gasteiger partial charge in [0.05, 0.1) is 12.2 Å². The second-order valence-corrected chi connectivity index (χ2v) is 12.6. The van der Waals surface area contributed by atoms with E-state index in [4.69, 9.17) is 14.2 Å². The molecule has 1 N–H and O–H groups in total. The van der Waals surface area contributed by atoms with Crippen molar-refractivity contribution >= 4 is 17.5 Å². The standard InChI is InChI=1S/C31H50O7/c1-12-24-31(35,13-2)16-19(5)25(32)18(4)15-30(10,11)27(22(8)26(33)23(9)28(34)37-24)38-29-21(7)17(3)14-20(6)36-29/h13,16-18,20-24,27,29,35H,2,12,14-15H2,1,3-11H3/b19-16+/t17-,18+,20+,21+,22-,23+,24+,27+,29?,31-/m0/s1. The van der Waals surface area contributed by atoms with E-state index in [0.717, 1.165) is 6.42 Å². The maximum Gasteiger partial charge on any atom is 0.316 e. The summed E-state index contributed by atoms with van der Waals surface area (Å²) in [6.45, 7) is 22.6. The number of Topliss-reactive ketones (excluding diaryl/α,β-unsaturated/α-hetero) is 2. The fourth-order valence-corrected chi connectivity index (χ4v) is 6.19. The average molecular weight is 535 g/mol. The lowest BCUT2D eigenvalue weighted by molar-refractivity contribution is -0.267. The van der Waals surface area contributed by atoms with Crippen molar-refractivity contribution in [2.75, 3.05) is 0 Å². The SMILES string of the molecule is C=C[C@]1(O)/C=C(\C)C(=O)[C@H](C)CC(C)(C)[C@H](OC2O[C@H](C)C[C@H](C)[C@H]2C)[C@@H](C)C(=O)[C@@H](C)C(=O)O[C@@H]1CC. The Morgan fingerprint density at radius 1 is 1.13 bits per heavy atom. The molecular formula is C31H50O7. The Morgan fingerprint density at radius 3 is 2.29 bits per heavy atom. The fraction of sp³-hybridized carbons (Fsp3) is 0.774. The van der Waals surface area contributed by atoms with Gasteiger partial charge in [0, 0.05) is 17.8 Å². The van der Waals surface area contributed by atoms with E-state index in [1.54, 1.807) is 20.8 Å². The van der Waals surface area contributed by atoms with Crippen molar-refractivity contribution in [3.8, 4) is 0 Å². The van der Waals surface area contributed by atoms with E-state index in [-0.39, 0.29) is 30.0 Å². The van der Waals surface area contributed by atoms with Gasteiger partial charge >= 0.3 is 5.97 Å². The molecule has 2 rings (SSSR count). The van der Waals surface area contributed by atoms with Crippen LogP contribution in [-0.2, 0) is 28.6 Å². The van der Waals surface area contributed by atoms with Crippen molar-refractivity contribution in [3.05, 3.63) is 24.3 Å². The highest BCUT2D eigenvalue weighted by molar-refractivity contribution is 6.00. The number of rotatable bonds is 4. The first-order valence-corrected chi connectivity index (χ1v) is 14.1. The summed E-state index contributed by atoms with van der Waals surface area (Å²) in [5, 5.41) is 11.3. The van der Waals surface area contributed by atoms with Crippen LogP contribution in [-0.4, -0.2) is 52.8 Å². The predicted molar refractivity (Wildman–Crippen MR) is 147 cm³/mol. The summed E-state index contributed by atoms with van der Waals surface area (Å²) in [4.78, 5) is 40.3. The molecule has 0 bridgehead atoms. The maximum absolute atomic E-state index is 13.7. The fourth-order valence-electron chi connectivity index (χ4n) is 6.19. The largest absolute Gasteiger partial charge is 0.458 e. The second kappa shape index (κ2) is 12.6. The summed E-state index contributed by atoms with van der Waals surface area (Å²) in [5.41, 5.74) is -2.00. The number of allylic oxidation sites excluding steroid dienone is 1. The Morgan fingerprint density at radius 2 is 1.74 bits per heavy atom. The molecule has 2 heterocycles. The van der Waals surface area contributed by atoms with Crippen LogP contribution < -0.4 is 0 Å². The third-order valence-corrected chi connectivity index (χ3v) is 8.72. The first-order valence-electron chi connectivity index (χ1n) is 14.1. The first-order chi connectivity index (χ1) is 17.5. The first kappa shape index (κ1) is 32.4. The number of cyclic esters (lactones) is 1. The van der Waals surface area contributed by atoms with Crippen molar-refractivity contribution in [2.45, 2.75) is 119 Å². The normalized spacial score (nSPS) is 43.0. The van der Waals surface area contributed by atoms with Gasteiger partial charge in [-0.2, -0.15) is 0 Å². The third-order valence-electron chi connectivity index (χ3n) is 8.72. The Labute approximate surface area is 229 Å². The van der Waals surface area contributed by atoms with Gasteiger partial charge in [-0.1, -0.05) is 61.1 Å². The van der Waals surface area contributed by atoms with Crippen LogP contribution in [0.2, 0.25) is 0 Å². The molecule has 0 aromatic heterocycles. The summed E-state index contributed by atoms with van der Waals surface area (Å²) in [5.74, 6) is -2.81. The molecule has 2 aliphatic heterocycles. The van der Waals surface area contributed by atoms with Gasteiger partial charge in [-0.25, -0.2) is 0 Å². The lowest BCUT2D eigenvalue weighted by Crippen LogP contribution is -2.50. The lowest BCUT2D eigenvalue weighted by Gasteiger charge is -2.45. The number of ketones is 2. The Hall–Kier alpha value is -1.83. The predicted octanol–water partition coefficient (Wildman–Crippen LogP) is 5.44. The highest BCUT2D eigenvalue weighted by atomic mass is 16.7. The zero-order chi connectivity index (χ0) is 29.2. The van der Waals surface area contributed by atoms with Crippen molar-refractivity contribution in [3.63, 3.8) is 0 Å². The molecule has 0 spiro atoms. The van der Waals surface area contributed by atoms with Crippen LogP contribution in [0.1, 0.15) is 88.5 Å². The number of carbonyl (C=O) groups excluding carboxylic acids is 3. The summed E-state index contributed by atoms with van der Waals surface area (Å²) in [7, 11) is 0. The zero-order valence-electron chi connectivity index (χ0n) is 25.1. The molecule has 216 valence electrons. The Bertz CT molecular complexity index is 921. The summed E-state index contributed by atoms with van der Waals surface area (Å²) in [6, 6.07) is 0.